The first-order valence-corrected chi connectivity index (χ1v) is 30.8. The van der Waals surface area contributed by atoms with Gasteiger partial charge in [-0.05, 0) is 80.8 Å². The Morgan fingerprint density at radius 3 is 1.89 bits per heavy atom. The molecule has 10 atom stereocenters. The molecule has 2 unspecified atom stereocenters. The monoisotopic (exact) mass is 1270 g/mol. The Balaban J connectivity index is 1.14. The molecule has 1 amide bonds. The first-order chi connectivity index (χ1) is 43.2. The van der Waals surface area contributed by atoms with E-state index < -0.39 is 123 Å². The van der Waals surface area contributed by atoms with Gasteiger partial charge in [0.1, 0.15) is 78.5 Å². The second-order valence-electron chi connectivity index (χ2n) is 21.7. The van der Waals surface area contributed by atoms with Crippen molar-refractivity contribution in [3.63, 3.8) is 0 Å². The number of Topliss-reactive ketones (excluding diaryl/α,β-unsaturated/α-hetero) is 1. The highest BCUT2D eigenvalue weighted by Gasteiger charge is 2.55. The molecule has 2 aromatic heterocycles. The van der Waals surface area contributed by atoms with Crippen LogP contribution in [0, 0.1) is 0 Å². The van der Waals surface area contributed by atoms with Gasteiger partial charge in [-0.25, -0.2) is 24.2 Å². The Hall–Kier alpha value is -7.91. The fourth-order valence-corrected chi connectivity index (χ4v) is 13.3. The Labute approximate surface area is 521 Å². The zero-order chi connectivity index (χ0) is 64.7. The van der Waals surface area contributed by atoms with Crippen LogP contribution in [0.15, 0.2) is 122 Å². The van der Waals surface area contributed by atoms with Crippen LogP contribution >= 0.6 is 7.75 Å². The molecule has 0 radical (unpaired) electrons. The van der Waals surface area contributed by atoms with Gasteiger partial charge in [-0.2, -0.15) is 0 Å². The van der Waals surface area contributed by atoms with Crippen molar-refractivity contribution in [2.45, 2.75) is 135 Å². The number of imidazole rings is 1. The average molecular weight is 1270 g/mol. The predicted molar refractivity (Wildman–Crippen MR) is 324 cm³/mol. The van der Waals surface area contributed by atoms with Gasteiger partial charge in [-0.15, -0.1) is 0 Å². The number of anilines is 1. The van der Waals surface area contributed by atoms with Crippen molar-refractivity contribution >= 4 is 54.3 Å². The highest BCUT2D eigenvalue weighted by molar-refractivity contribution is 7.51. The lowest BCUT2D eigenvalue weighted by molar-refractivity contribution is -0.279. The highest BCUT2D eigenvalue weighted by Crippen LogP contribution is 2.58. The van der Waals surface area contributed by atoms with Crippen LogP contribution in [0.1, 0.15) is 84.7 Å². The molecule has 27 heteroatoms. The molecule has 0 spiro atoms. The van der Waals surface area contributed by atoms with E-state index in [0.29, 0.717) is 39.6 Å². The summed E-state index contributed by atoms with van der Waals surface area (Å²) in [6.07, 6.45) is -7.84. The van der Waals surface area contributed by atoms with Gasteiger partial charge in [0.15, 0.2) is 36.1 Å². The maximum atomic E-state index is 16.2. The molecule has 4 heterocycles. The molecule has 26 nitrogen and oxygen atoms in total. The Morgan fingerprint density at radius 2 is 1.31 bits per heavy atom. The quantitative estimate of drug-likeness (QED) is 0.0145. The molecule has 4 aromatic carbocycles. The molecule has 8 rings (SSSR count). The molecule has 2 aliphatic heterocycles. The van der Waals surface area contributed by atoms with E-state index in [1.165, 1.54) is 26.5 Å². The van der Waals surface area contributed by atoms with Gasteiger partial charge in [0.25, 0.3) is 0 Å². The van der Waals surface area contributed by atoms with E-state index >= 15 is 9.36 Å². The lowest BCUT2D eigenvalue weighted by Crippen LogP contribution is -2.66. The molecule has 2 saturated heterocycles. The second-order valence-corrected chi connectivity index (χ2v) is 23.6. The molecular weight excluding hydrogens is 1190 g/mol. The lowest BCUT2D eigenvalue weighted by atomic mass is 9.79. The molecule has 2 aliphatic rings. The topological polar surface area (TPSA) is 307 Å². The molecule has 0 aliphatic carbocycles. The summed E-state index contributed by atoms with van der Waals surface area (Å²) in [4.78, 5) is 78.1. The minimum Gasteiger partial charge on any atom is -0.497 e. The van der Waals surface area contributed by atoms with E-state index in [2.05, 4.69) is 20.3 Å². The van der Waals surface area contributed by atoms with Gasteiger partial charge in [-0.3, -0.25) is 37.6 Å². The molecule has 484 valence electrons. The first kappa shape index (κ1) is 68.0. The van der Waals surface area contributed by atoms with Crippen LogP contribution in [0.5, 0.6) is 17.2 Å². The Kier molecular flexibility index (Phi) is 23.6. The molecule has 3 N–H and O–H groups in total. The number of nitrogens with one attached hydrogen (secondary N) is 1. The molecule has 6 aromatic rings. The molecule has 2 fully saturated rings. The highest BCUT2D eigenvalue weighted by atomic mass is 31.2. The summed E-state index contributed by atoms with van der Waals surface area (Å²) < 4.78 is 99.7. The molecule has 0 saturated carbocycles. The van der Waals surface area contributed by atoms with Crippen molar-refractivity contribution in [1.82, 2.24) is 29.5 Å². The summed E-state index contributed by atoms with van der Waals surface area (Å²) in [7, 11) is -1.42. The SMILES string of the molecule is COc1ccc(C(OC(C(=O)COc2ccccc2)[C@H]2O[C@@H](n3cnc4c(N)ncnc43)C[C@@H]2OP(=O)(OCCOCCO[C@@H]2O[C@H](COC(C)=O)[C@H](OC(C)=O)[C@H](OC(C)=O)[C@H]2NC(C)=O)N(C(C)C)C(C)C)(c2ccccc2)c2ccc(OC)cc2)cc1. The third-order valence-corrected chi connectivity index (χ3v) is 17.2. The second kappa shape index (κ2) is 31.2. The van der Waals surface area contributed by atoms with E-state index in [1.807, 2.05) is 88.4 Å². The third-order valence-electron chi connectivity index (χ3n) is 14.7. The predicted octanol–water partition coefficient (Wildman–Crippen LogP) is 7.06. The number of methoxy groups -OCH3 is 2. The number of nitrogens with two attached hydrogens (primary N) is 1. The van der Waals surface area contributed by atoms with Crippen LogP contribution in [0.25, 0.3) is 11.2 Å². The van der Waals surface area contributed by atoms with Crippen LogP contribution in [0.3, 0.4) is 0 Å². The fraction of sp³-hybridized carbons (Fsp3) is 0.460. The number of benzene rings is 4. The van der Waals surface area contributed by atoms with Crippen LogP contribution in [-0.2, 0) is 81.1 Å². The standard InChI is InChI=1S/C63H78N7O19P/c1-38(2)70(39(3)4)90(76,83-32-30-79-29-31-80-62-54(68-40(5)71)59(85-43(8)74)58(84-42(7)73)52(86-62)35-81-41(6)72)89-51-33-53(69-37-67-55-60(64)65-36-66-61(55)69)87-57(51)56(50(75)34-82-49-19-15-12-16-20-49)88-63(44-17-13-11-14-18-44,45-21-25-47(77-9)26-22-45)46-23-27-48(78-10)28-24-46/h11-28,36-39,51-54,56-59,62H,29-35H2,1-10H3,(H,68,71)(H2,64,65,66)/t51-,52+,53+,54+,56?,57-,58-,59+,62+,90?/m0/s1. The number of ether oxygens (including phenoxy) is 11. The van der Waals surface area contributed by atoms with Crippen molar-refractivity contribution in [3.05, 3.63) is 139 Å². The summed E-state index contributed by atoms with van der Waals surface area (Å²) in [5, 5.41) is 2.66. The number of ketones is 1. The van der Waals surface area contributed by atoms with Crippen LogP contribution in [0.4, 0.5) is 5.82 Å². The number of amides is 1. The van der Waals surface area contributed by atoms with Crippen LogP contribution < -0.4 is 25.3 Å². The Bertz CT molecular complexity index is 3340. The summed E-state index contributed by atoms with van der Waals surface area (Å²) in [6, 6.07) is 30.6. The van der Waals surface area contributed by atoms with Gasteiger partial charge in [-0.1, -0.05) is 72.8 Å². The lowest BCUT2D eigenvalue weighted by Gasteiger charge is -2.44. The summed E-state index contributed by atoms with van der Waals surface area (Å²) >= 11 is 0. The zero-order valence-corrected chi connectivity index (χ0v) is 52.8. The third kappa shape index (κ3) is 16.5. The molecule has 0 bridgehead atoms. The maximum Gasteiger partial charge on any atom is 0.409 e. The fourth-order valence-electron chi connectivity index (χ4n) is 11.0. The normalized spacial score (nSPS) is 21.1. The van der Waals surface area contributed by atoms with Gasteiger partial charge in [0.2, 0.25) is 11.7 Å². The van der Waals surface area contributed by atoms with Gasteiger partial charge in [0.05, 0.1) is 47.0 Å². The minimum atomic E-state index is -4.55. The summed E-state index contributed by atoms with van der Waals surface area (Å²) in [5.41, 5.74) is 7.09. The minimum absolute atomic E-state index is 0.0776. The van der Waals surface area contributed by atoms with Gasteiger partial charge in [0, 0.05) is 46.2 Å². The number of carbonyl (C=O) groups is 5. The van der Waals surface area contributed by atoms with Crippen molar-refractivity contribution in [1.29, 1.82) is 0 Å². The van der Waals surface area contributed by atoms with E-state index in [1.54, 1.807) is 72.0 Å². The number of fused-ring (bicyclic) bond motifs is 1. The number of carbonyl (C=O) groups excluding carboxylic acids is 5. The number of rotatable bonds is 31. The smallest absolute Gasteiger partial charge is 0.409 e. The summed E-state index contributed by atoms with van der Waals surface area (Å²) in [6.45, 7) is 10.3. The maximum absolute atomic E-state index is 16.2. The number of hydrogen-bond donors (Lipinski definition) is 2. The first-order valence-electron chi connectivity index (χ1n) is 29.3. The molecular formula is C63H78N7O19P. The van der Waals surface area contributed by atoms with E-state index in [0.717, 1.165) is 13.8 Å². The van der Waals surface area contributed by atoms with Crippen molar-refractivity contribution in [2.24, 2.45) is 0 Å². The number of nitrogen functional groups attached to an aromatic ring is 1. The van der Waals surface area contributed by atoms with Crippen LogP contribution in [0.2, 0.25) is 0 Å². The Morgan fingerprint density at radius 1 is 0.722 bits per heavy atom. The van der Waals surface area contributed by atoms with Gasteiger partial charge >= 0.3 is 25.7 Å². The molecule has 90 heavy (non-hydrogen) atoms. The van der Waals surface area contributed by atoms with Crippen molar-refractivity contribution in [3.8, 4) is 17.2 Å². The number of hydrogen-bond acceptors (Lipinski definition) is 23. The van der Waals surface area contributed by atoms with Gasteiger partial charge < -0.3 is 63.2 Å². The van der Waals surface area contributed by atoms with E-state index in [9.17, 15) is 19.2 Å². The number of para-hydroxylation sites is 1. The zero-order valence-electron chi connectivity index (χ0n) is 51.9. The van der Waals surface area contributed by atoms with E-state index in [4.69, 9.17) is 66.9 Å². The van der Waals surface area contributed by atoms with E-state index in [-0.39, 0.29) is 44.2 Å². The average Bonchev–Trinajstić information content (AvgIpc) is 1.17. The number of aromatic nitrogens is 4. The van der Waals surface area contributed by atoms with Crippen molar-refractivity contribution < 1.29 is 89.7 Å². The van der Waals surface area contributed by atoms with Crippen LogP contribution in [-0.4, -0.2) is 169 Å². The summed E-state index contributed by atoms with van der Waals surface area (Å²) in [5.74, 6) is -1.68. The largest absolute Gasteiger partial charge is 0.497 e. The number of nitrogens with zero attached hydrogens (tertiary/aromatic N) is 5. The van der Waals surface area contributed by atoms with Crippen molar-refractivity contribution in [2.75, 3.05) is 59.6 Å². The number of esters is 3.